The summed E-state index contributed by atoms with van der Waals surface area (Å²) in [4.78, 5) is 12.5. The van der Waals surface area contributed by atoms with Crippen molar-refractivity contribution in [2.24, 2.45) is 0 Å². The lowest BCUT2D eigenvalue weighted by Gasteiger charge is -2.09. The Hall–Kier alpha value is -2.46. The van der Waals surface area contributed by atoms with Gasteiger partial charge in [-0.2, -0.15) is 0 Å². The molecule has 0 saturated carbocycles. The summed E-state index contributed by atoms with van der Waals surface area (Å²) in [6, 6.07) is 14.6. The van der Waals surface area contributed by atoms with Crippen LogP contribution in [0, 0.1) is 0 Å². The Labute approximate surface area is 145 Å². The molecule has 0 bridgehead atoms. The van der Waals surface area contributed by atoms with E-state index in [0.29, 0.717) is 23.6 Å². The zero-order valence-electron chi connectivity index (χ0n) is 13.4. The number of ether oxygens (including phenoxy) is 2. The fourth-order valence-electron chi connectivity index (χ4n) is 2.52. The third-order valence-electron chi connectivity index (χ3n) is 3.81. The van der Waals surface area contributed by atoms with Gasteiger partial charge in [-0.15, -0.1) is 0 Å². The van der Waals surface area contributed by atoms with Gasteiger partial charge in [0.15, 0.2) is 0 Å². The molecular weight excluding hydrogens is 326 g/mol. The lowest BCUT2D eigenvalue weighted by atomic mass is 10.1. The van der Waals surface area contributed by atoms with Crippen molar-refractivity contribution in [1.29, 1.82) is 0 Å². The molecule has 4 nitrogen and oxygen atoms in total. The van der Waals surface area contributed by atoms with E-state index in [1.165, 1.54) is 0 Å². The summed E-state index contributed by atoms with van der Waals surface area (Å²) in [5, 5.41) is 2.26. The number of benzene rings is 2. The van der Waals surface area contributed by atoms with Crippen molar-refractivity contribution < 1.29 is 9.47 Å². The quantitative estimate of drug-likeness (QED) is 0.632. The fraction of sp³-hybridized carbons (Fsp3) is 0.211. The van der Waals surface area contributed by atoms with E-state index in [4.69, 9.17) is 21.1 Å². The first-order chi connectivity index (χ1) is 11.7. The average molecular weight is 344 g/mol. The number of hydrogen-bond acceptors (Lipinski definition) is 3. The Morgan fingerprint density at radius 3 is 2.54 bits per heavy atom. The van der Waals surface area contributed by atoms with E-state index < -0.39 is 0 Å². The van der Waals surface area contributed by atoms with Crippen LogP contribution in [-0.2, 0) is 6.54 Å². The van der Waals surface area contributed by atoms with Crippen LogP contribution in [0.5, 0.6) is 11.5 Å². The van der Waals surface area contributed by atoms with Crippen molar-refractivity contribution in [2.45, 2.75) is 13.0 Å². The first kappa shape index (κ1) is 16.4. The molecule has 0 fully saturated rings. The van der Waals surface area contributed by atoms with Crippen LogP contribution in [0.3, 0.4) is 0 Å². The second-order valence-electron chi connectivity index (χ2n) is 5.42. The number of fused-ring (bicyclic) bond motifs is 1. The molecule has 0 aliphatic heterocycles. The number of hydrogen-bond donors (Lipinski definition) is 0. The number of halogens is 1. The number of nitrogens with zero attached hydrogens (tertiary/aromatic N) is 1. The van der Waals surface area contributed by atoms with Gasteiger partial charge in [-0.25, -0.2) is 0 Å². The van der Waals surface area contributed by atoms with Gasteiger partial charge in [-0.05, 0) is 60.3 Å². The molecule has 0 saturated heterocycles. The summed E-state index contributed by atoms with van der Waals surface area (Å²) in [6.45, 7) is 1.14. The van der Waals surface area contributed by atoms with Gasteiger partial charge in [0, 0.05) is 23.2 Å². The van der Waals surface area contributed by atoms with Crippen molar-refractivity contribution in [2.75, 3.05) is 13.7 Å². The summed E-state index contributed by atoms with van der Waals surface area (Å²) < 4.78 is 12.5. The number of pyridine rings is 1. The zero-order valence-corrected chi connectivity index (χ0v) is 14.1. The number of rotatable bonds is 6. The smallest absolute Gasteiger partial charge is 0.258 e. The van der Waals surface area contributed by atoms with E-state index in [1.54, 1.807) is 35.9 Å². The van der Waals surface area contributed by atoms with E-state index >= 15 is 0 Å². The highest BCUT2D eigenvalue weighted by molar-refractivity contribution is 6.30. The van der Waals surface area contributed by atoms with Gasteiger partial charge in [-0.3, -0.25) is 4.79 Å². The van der Waals surface area contributed by atoms with Gasteiger partial charge in [0.1, 0.15) is 11.5 Å². The number of aromatic nitrogens is 1. The van der Waals surface area contributed by atoms with E-state index in [-0.39, 0.29) is 5.56 Å². The van der Waals surface area contributed by atoms with Crippen LogP contribution in [0.25, 0.3) is 10.8 Å². The topological polar surface area (TPSA) is 40.5 Å². The molecule has 0 aliphatic carbocycles. The predicted octanol–water partition coefficient (Wildman–Crippen LogP) is 4.13. The highest BCUT2D eigenvalue weighted by Crippen LogP contribution is 2.18. The van der Waals surface area contributed by atoms with Crippen LogP contribution in [-0.4, -0.2) is 18.3 Å². The van der Waals surface area contributed by atoms with Crippen LogP contribution < -0.4 is 15.0 Å². The Bertz CT molecular complexity index is 887. The Morgan fingerprint density at radius 2 is 1.79 bits per heavy atom. The number of aryl methyl sites for hydroxylation is 1. The molecule has 2 aromatic carbocycles. The van der Waals surface area contributed by atoms with Crippen LogP contribution in [0.1, 0.15) is 6.42 Å². The molecule has 5 heteroatoms. The molecule has 0 amide bonds. The van der Waals surface area contributed by atoms with Crippen molar-refractivity contribution >= 4 is 22.4 Å². The molecule has 0 aliphatic rings. The Kier molecular flexibility index (Phi) is 5.06. The van der Waals surface area contributed by atoms with Gasteiger partial charge in [0.25, 0.3) is 5.56 Å². The standard InChI is InChI=1S/C19H18ClNO3/c1-23-17-7-8-18-14(13-17)9-11-21(19(18)22)10-2-12-24-16-5-3-15(20)4-6-16/h3-9,11,13H,2,10,12H2,1H3. The van der Waals surface area contributed by atoms with Gasteiger partial charge >= 0.3 is 0 Å². The molecule has 0 N–H and O–H groups in total. The maximum absolute atomic E-state index is 12.5. The zero-order chi connectivity index (χ0) is 16.9. The molecule has 1 aromatic heterocycles. The van der Waals surface area contributed by atoms with Crippen molar-refractivity contribution in [3.8, 4) is 11.5 Å². The summed E-state index contributed by atoms with van der Waals surface area (Å²) in [5.74, 6) is 1.52. The minimum absolute atomic E-state index is 0.00152. The van der Waals surface area contributed by atoms with Crippen LogP contribution >= 0.6 is 11.6 Å². The minimum atomic E-state index is 0.00152. The third-order valence-corrected chi connectivity index (χ3v) is 4.06. The molecular formula is C19H18ClNO3. The molecule has 1 heterocycles. The second-order valence-corrected chi connectivity index (χ2v) is 5.86. The summed E-state index contributed by atoms with van der Waals surface area (Å²) >= 11 is 5.84. The molecule has 0 atom stereocenters. The Balaban J connectivity index is 1.64. The van der Waals surface area contributed by atoms with Gasteiger partial charge in [0.05, 0.1) is 13.7 Å². The highest BCUT2D eigenvalue weighted by Gasteiger charge is 2.04. The van der Waals surface area contributed by atoms with E-state index in [1.807, 2.05) is 30.5 Å². The van der Waals surface area contributed by atoms with Crippen LogP contribution in [0.2, 0.25) is 5.02 Å². The molecule has 124 valence electrons. The normalized spacial score (nSPS) is 10.8. The average Bonchev–Trinajstić information content (AvgIpc) is 2.61. The molecule has 0 spiro atoms. The van der Waals surface area contributed by atoms with E-state index in [0.717, 1.165) is 23.3 Å². The lowest BCUT2D eigenvalue weighted by molar-refractivity contribution is 0.301. The minimum Gasteiger partial charge on any atom is -0.497 e. The maximum atomic E-state index is 12.5. The monoisotopic (exact) mass is 343 g/mol. The second kappa shape index (κ2) is 7.41. The van der Waals surface area contributed by atoms with Gasteiger partial charge in [0.2, 0.25) is 0 Å². The van der Waals surface area contributed by atoms with Gasteiger partial charge < -0.3 is 14.0 Å². The van der Waals surface area contributed by atoms with Crippen LogP contribution in [0.4, 0.5) is 0 Å². The predicted molar refractivity (Wildman–Crippen MR) is 96.3 cm³/mol. The van der Waals surface area contributed by atoms with Crippen molar-refractivity contribution in [1.82, 2.24) is 4.57 Å². The Morgan fingerprint density at radius 1 is 1.04 bits per heavy atom. The van der Waals surface area contributed by atoms with E-state index in [2.05, 4.69) is 0 Å². The lowest BCUT2D eigenvalue weighted by Crippen LogP contribution is -2.20. The first-order valence-corrected chi connectivity index (χ1v) is 8.11. The molecule has 3 rings (SSSR count). The molecule has 3 aromatic rings. The summed E-state index contributed by atoms with van der Waals surface area (Å²) in [5.41, 5.74) is 0.00152. The van der Waals surface area contributed by atoms with Crippen LogP contribution in [0.15, 0.2) is 59.5 Å². The first-order valence-electron chi connectivity index (χ1n) is 7.73. The molecule has 0 radical (unpaired) electrons. The third kappa shape index (κ3) is 3.71. The largest absolute Gasteiger partial charge is 0.497 e. The number of methoxy groups -OCH3 is 1. The maximum Gasteiger partial charge on any atom is 0.258 e. The molecule has 0 unspecified atom stereocenters. The van der Waals surface area contributed by atoms with Crippen molar-refractivity contribution in [3.05, 3.63) is 70.1 Å². The SMILES string of the molecule is COc1ccc2c(=O)n(CCCOc3ccc(Cl)cc3)ccc2c1. The molecule has 24 heavy (non-hydrogen) atoms. The highest BCUT2D eigenvalue weighted by atomic mass is 35.5. The van der Waals surface area contributed by atoms with E-state index in [9.17, 15) is 4.79 Å². The summed E-state index contributed by atoms with van der Waals surface area (Å²) in [6.07, 6.45) is 2.55. The van der Waals surface area contributed by atoms with Gasteiger partial charge in [-0.1, -0.05) is 11.6 Å². The fourth-order valence-corrected chi connectivity index (χ4v) is 2.65. The summed E-state index contributed by atoms with van der Waals surface area (Å²) in [7, 11) is 1.61. The van der Waals surface area contributed by atoms with Crippen molar-refractivity contribution in [3.63, 3.8) is 0 Å².